The van der Waals surface area contributed by atoms with Crippen LogP contribution in [0.1, 0.15) is 19.4 Å². The van der Waals surface area contributed by atoms with E-state index in [1.54, 1.807) is 0 Å². The second kappa shape index (κ2) is 4.53. The van der Waals surface area contributed by atoms with E-state index in [1.165, 1.54) is 0 Å². The Kier molecular flexibility index (Phi) is 3.58. The van der Waals surface area contributed by atoms with Gasteiger partial charge in [-0.15, -0.1) is 0 Å². The van der Waals surface area contributed by atoms with Crippen LogP contribution in [0.3, 0.4) is 0 Å². The van der Waals surface area contributed by atoms with E-state index in [0.717, 1.165) is 10.6 Å². The highest BCUT2D eigenvalue weighted by Gasteiger charge is 2.22. The van der Waals surface area contributed by atoms with Gasteiger partial charge in [-0.2, -0.15) is 0 Å². The predicted molar refractivity (Wildman–Crippen MR) is 65.2 cm³/mol. The van der Waals surface area contributed by atoms with Gasteiger partial charge in [0.1, 0.15) is 0 Å². The number of hydrogen-bond donors (Lipinski definition) is 2. The first kappa shape index (κ1) is 11.9. The molecule has 1 aromatic rings. The minimum Gasteiger partial charge on any atom is -0.370 e. The van der Waals surface area contributed by atoms with Crippen LogP contribution in [0.15, 0.2) is 29.3 Å². The Morgan fingerprint density at radius 2 is 1.93 bits per heavy atom. The minimum atomic E-state index is -0.164. The lowest BCUT2D eigenvalue weighted by molar-refractivity contribution is 0.540. The summed E-state index contributed by atoms with van der Waals surface area (Å²) in [5.74, 6) is 0.107. The summed E-state index contributed by atoms with van der Waals surface area (Å²) in [5.41, 5.74) is 11.5. The highest BCUT2D eigenvalue weighted by atomic mass is 35.5. The molecule has 1 rings (SSSR count). The molecular formula is C11H16ClN3. The molecule has 0 atom stereocenters. The van der Waals surface area contributed by atoms with Crippen molar-refractivity contribution in [3.05, 3.63) is 34.9 Å². The summed E-state index contributed by atoms with van der Waals surface area (Å²) in [6, 6.07) is 7.72. The van der Waals surface area contributed by atoms with Gasteiger partial charge in [-0.3, -0.25) is 4.99 Å². The second-order valence-electron chi connectivity index (χ2n) is 4.10. The molecule has 0 radical (unpaired) electrons. The van der Waals surface area contributed by atoms with E-state index in [9.17, 15) is 0 Å². The summed E-state index contributed by atoms with van der Waals surface area (Å²) in [6.45, 7) is 4.64. The van der Waals surface area contributed by atoms with Crippen molar-refractivity contribution < 1.29 is 0 Å². The lowest BCUT2D eigenvalue weighted by Gasteiger charge is -2.24. The quantitative estimate of drug-likeness (QED) is 0.610. The SMILES string of the molecule is CC(C)(CN=C(N)N)c1ccccc1Cl. The van der Waals surface area contributed by atoms with Gasteiger partial charge in [-0.1, -0.05) is 43.6 Å². The largest absolute Gasteiger partial charge is 0.370 e. The van der Waals surface area contributed by atoms with Gasteiger partial charge >= 0.3 is 0 Å². The van der Waals surface area contributed by atoms with Crippen molar-refractivity contribution in [3.8, 4) is 0 Å². The van der Waals surface area contributed by atoms with Crippen LogP contribution in [-0.2, 0) is 5.41 Å². The third kappa shape index (κ3) is 3.13. The fourth-order valence-corrected chi connectivity index (χ4v) is 1.78. The van der Waals surface area contributed by atoms with E-state index in [2.05, 4.69) is 18.8 Å². The number of benzene rings is 1. The van der Waals surface area contributed by atoms with Crippen LogP contribution in [0.2, 0.25) is 5.02 Å². The molecule has 0 aliphatic rings. The first-order valence-electron chi connectivity index (χ1n) is 4.74. The fraction of sp³-hybridized carbons (Fsp3) is 0.364. The molecule has 0 aliphatic carbocycles. The van der Waals surface area contributed by atoms with Gasteiger partial charge in [-0.05, 0) is 11.6 Å². The average molecular weight is 226 g/mol. The van der Waals surface area contributed by atoms with Crippen molar-refractivity contribution in [2.75, 3.05) is 6.54 Å². The molecule has 0 bridgehead atoms. The summed E-state index contributed by atoms with van der Waals surface area (Å²) in [6.07, 6.45) is 0. The molecule has 0 heterocycles. The third-order valence-corrected chi connectivity index (χ3v) is 2.59. The molecule has 0 saturated heterocycles. The van der Waals surface area contributed by atoms with Crippen LogP contribution in [0.4, 0.5) is 0 Å². The smallest absolute Gasteiger partial charge is 0.185 e. The molecule has 0 aliphatic heterocycles. The average Bonchev–Trinajstić information content (AvgIpc) is 2.15. The van der Waals surface area contributed by atoms with Crippen molar-refractivity contribution in [1.82, 2.24) is 0 Å². The van der Waals surface area contributed by atoms with Gasteiger partial charge in [0.2, 0.25) is 0 Å². The number of nitrogens with zero attached hydrogens (tertiary/aromatic N) is 1. The number of hydrogen-bond acceptors (Lipinski definition) is 1. The lowest BCUT2D eigenvalue weighted by atomic mass is 9.85. The minimum absolute atomic E-state index is 0.107. The summed E-state index contributed by atoms with van der Waals surface area (Å²) < 4.78 is 0. The highest BCUT2D eigenvalue weighted by molar-refractivity contribution is 6.31. The molecule has 0 unspecified atom stereocenters. The highest BCUT2D eigenvalue weighted by Crippen LogP contribution is 2.29. The number of aliphatic imine (C=N–C) groups is 1. The van der Waals surface area contributed by atoms with Crippen LogP contribution in [0, 0.1) is 0 Å². The molecule has 1 aromatic carbocycles. The molecule has 3 nitrogen and oxygen atoms in total. The van der Waals surface area contributed by atoms with E-state index in [-0.39, 0.29) is 11.4 Å². The molecule has 4 N–H and O–H groups in total. The van der Waals surface area contributed by atoms with Gasteiger partial charge in [0.05, 0.1) is 6.54 Å². The summed E-state index contributed by atoms with van der Waals surface area (Å²) >= 11 is 6.11. The first-order chi connectivity index (χ1) is 6.93. The fourth-order valence-electron chi connectivity index (χ4n) is 1.38. The van der Waals surface area contributed by atoms with Gasteiger partial charge in [0.15, 0.2) is 5.96 Å². The Labute approximate surface area is 95.1 Å². The Morgan fingerprint density at radius 1 is 1.33 bits per heavy atom. The number of halogens is 1. The normalized spacial score (nSPS) is 11.1. The summed E-state index contributed by atoms with van der Waals surface area (Å²) in [4.78, 5) is 4.03. The zero-order chi connectivity index (χ0) is 11.5. The molecule has 82 valence electrons. The van der Waals surface area contributed by atoms with Crippen LogP contribution in [-0.4, -0.2) is 12.5 Å². The zero-order valence-electron chi connectivity index (χ0n) is 9.00. The summed E-state index contributed by atoms with van der Waals surface area (Å²) in [5, 5.41) is 0.744. The van der Waals surface area contributed by atoms with Gasteiger partial charge < -0.3 is 11.5 Å². The second-order valence-corrected chi connectivity index (χ2v) is 4.51. The van der Waals surface area contributed by atoms with Crippen LogP contribution < -0.4 is 11.5 Å². The zero-order valence-corrected chi connectivity index (χ0v) is 9.75. The van der Waals surface area contributed by atoms with E-state index in [1.807, 2.05) is 24.3 Å². The first-order valence-corrected chi connectivity index (χ1v) is 5.12. The van der Waals surface area contributed by atoms with Crippen LogP contribution in [0.5, 0.6) is 0 Å². The van der Waals surface area contributed by atoms with Crippen LogP contribution >= 0.6 is 11.6 Å². The molecular weight excluding hydrogens is 210 g/mol. The van der Waals surface area contributed by atoms with E-state index in [4.69, 9.17) is 23.1 Å². The predicted octanol–water partition coefficient (Wildman–Crippen LogP) is 1.89. The molecule has 0 aromatic heterocycles. The van der Waals surface area contributed by atoms with Crippen molar-refractivity contribution in [1.29, 1.82) is 0 Å². The Morgan fingerprint density at radius 3 is 2.47 bits per heavy atom. The van der Waals surface area contributed by atoms with Gasteiger partial charge in [-0.25, -0.2) is 0 Å². The maximum atomic E-state index is 6.11. The van der Waals surface area contributed by atoms with E-state index >= 15 is 0 Å². The van der Waals surface area contributed by atoms with Gasteiger partial charge in [0.25, 0.3) is 0 Å². The summed E-state index contributed by atoms with van der Waals surface area (Å²) in [7, 11) is 0. The van der Waals surface area contributed by atoms with E-state index < -0.39 is 0 Å². The Balaban J connectivity index is 2.95. The van der Waals surface area contributed by atoms with Gasteiger partial charge in [0, 0.05) is 10.4 Å². The van der Waals surface area contributed by atoms with Crippen molar-refractivity contribution >= 4 is 17.6 Å². The maximum absolute atomic E-state index is 6.11. The van der Waals surface area contributed by atoms with Crippen molar-refractivity contribution in [2.24, 2.45) is 16.5 Å². The van der Waals surface area contributed by atoms with Crippen molar-refractivity contribution in [3.63, 3.8) is 0 Å². The van der Waals surface area contributed by atoms with Crippen LogP contribution in [0.25, 0.3) is 0 Å². The standard InChI is InChI=1S/C11H16ClN3/c1-11(2,7-15-10(13)14)8-5-3-4-6-9(8)12/h3-6H,7H2,1-2H3,(H4,13,14,15). The molecule has 0 amide bonds. The molecule has 15 heavy (non-hydrogen) atoms. The Hall–Kier alpha value is -1.22. The number of guanidine groups is 1. The number of rotatable bonds is 3. The maximum Gasteiger partial charge on any atom is 0.185 e. The monoisotopic (exact) mass is 225 g/mol. The number of nitrogens with two attached hydrogens (primary N) is 2. The van der Waals surface area contributed by atoms with Crippen molar-refractivity contribution in [2.45, 2.75) is 19.3 Å². The molecule has 0 saturated carbocycles. The lowest BCUT2D eigenvalue weighted by Crippen LogP contribution is -2.28. The topological polar surface area (TPSA) is 64.4 Å². The Bertz CT molecular complexity index is 368. The molecule has 0 fully saturated rings. The molecule has 0 spiro atoms. The van der Waals surface area contributed by atoms with E-state index in [0.29, 0.717) is 6.54 Å². The molecule has 4 heteroatoms. The third-order valence-electron chi connectivity index (χ3n) is 2.26.